The second-order valence-electron chi connectivity index (χ2n) is 4.81. The van der Waals surface area contributed by atoms with Crippen LogP contribution >= 0.6 is 0 Å². The van der Waals surface area contributed by atoms with Gasteiger partial charge in [0.2, 0.25) is 0 Å². The monoisotopic (exact) mass is 253 g/mol. The van der Waals surface area contributed by atoms with Gasteiger partial charge in [-0.05, 0) is 32.4 Å². The second-order valence-corrected chi connectivity index (χ2v) is 4.81. The molecule has 1 aromatic carbocycles. The summed E-state index contributed by atoms with van der Waals surface area (Å²) in [7, 11) is 0. The number of rotatable bonds is 3. The average Bonchev–Trinajstić information content (AvgIpc) is 2.35. The van der Waals surface area contributed by atoms with E-state index in [1.165, 1.54) is 6.07 Å². The third-order valence-electron chi connectivity index (χ3n) is 3.49. The maximum atomic E-state index is 13.6. The number of ketones is 1. The van der Waals surface area contributed by atoms with E-state index in [9.17, 15) is 13.6 Å². The largest absolute Gasteiger partial charge is 0.298 e. The molecule has 1 saturated heterocycles. The summed E-state index contributed by atoms with van der Waals surface area (Å²) in [4.78, 5) is 13.5. The molecule has 1 unspecified atom stereocenters. The first-order valence-electron chi connectivity index (χ1n) is 6.27. The summed E-state index contributed by atoms with van der Waals surface area (Å²) in [5.41, 5.74) is 0.322. The van der Waals surface area contributed by atoms with Gasteiger partial charge in [-0.25, -0.2) is 8.78 Å². The summed E-state index contributed by atoms with van der Waals surface area (Å²) >= 11 is 0. The van der Waals surface area contributed by atoms with Crippen LogP contribution in [0, 0.1) is 11.6 Å². The molecule has 18 heavy (non-hydrogen) atoms. The van der Waals surface area contributed by atoms with E-state index >= 15 is 0 Å². The Morgan fingerprint density at radius 3 is 2.89 bits per heavy atom. The number of hydrogen-bond acceptors (Lipinski definition) is 2. The summed E-state index contributed by atoms with van der Waals surface area (Å²) in [5, 5.41) is 0. The topological polar surface area (TPSA) is 20.3 Å². The van der Waals surface area contributed by atoms with Crippen LogP contribution < -0.4 is 0 Å². The van der Waals surface area contributed by atoms with Gasteiger partial charge in [-0.1, -0.05) is 18.6 Å². The molecule has 1 atom stereocenters. The number of hydrogen-bond donors (Lipinski definition) is 0. The van der Waals surface area contributed by atoms with E-state index < -0.39 is 11.6 Å². The predicted molar refractivity (Wildman–Crippen MR) is 65.1 cm³/mol. The zero-order valence-corrected chi connectivity index (χ0v) is 10.5. The Labute approximate surface area is 106 Å². The Kier molecular flexibility index (Phi) is 4.07. The minimum Gasteiger partial charge on any atom is -0.298 e. The molecule has 0 N–H and O–H groups in total. The van der Waals surface area contributed by atoms with Crippen LogP contribution in [0.5, 0.6) is 0 Å². The predicted octanol–water partition coefficient (Wildman–Crippen LogP) is 2.91. The molecular weight excluding hydrogens is 236 g/mol. The maximum Gasteiger partial charge on any atom is 0.163 e. The van der Waals surface area contributed by atoms with Crippen LogP contribution in [0.2, 0.25) is 0 Å². The Bertz CT molecular complexity index is 447. The van der Waals surface area contributed by atoms with Crippen LogP contribution in [0.1, 0.15) is 31.7 Å². The fourth-order valence-electron chi connectivity index (χ4n) is 2.53. The maximum absolute atomic E-state index is 13.6. The molecule has 0 amide bonds. The molecule has 0 aliphatic carbocycles. The minimum atomic E-state index is -0.830. The normalized spacial score (nSPS) is 20.9. The molecule has 1 fully saturated rings. The first-order valence-corrected chi connectivity index (χ1v) is 6.27. The molecule has 4 heteroatoms. The number of piperidine rings is 1. The average molecular weight is 253 g/mol. The Balaban J connectivity index is 2.16. The number of nitrogens with zero attached hydrogens (tertiary/aromatic N) is 1. The van der Waals surface area contributed by atoms with Crippen molar-refractivity contribution in [2.75, 3.05) is 6.54 Å². The molecule has 1 aliphatic rings. The van der Waals surface area contributed by atoms with E-state index in [-0.39, 0.29) is 11.8 Å². The molecule has 0 aromatic heterocycles. The zero-order chi connectivity index (χ0) is 13.1. The van der Waals surface area contributed by atoms with Crippen molar-refractivity contribution in [3.63, 3.8) is 0 Å². The summed E-state index contributed by atoms with van der Waals surface area (Å²) in [6.45, 7) is 2.62. The Hall–Kier alpha value is -1.29. The molecule has 98 valence electrons. The highest BCUT2D eigenvalue weighted by Gasteiger charge is 2.26. The zero-order valence-electron chi connectivity index (χ0n) is 10.5. The third-order valence-corrected chi connectivity index (χ3v) is 3.49. The molecule has 1 aliphatic heterocycles. The third kappa shape index (κ3) is 2.75. The standard InChI is InChI=1S/C14H17F2NO/c1-10(18)13-7-2-3-8-17(13)9-11-5-4-6-12(15)14(11)16/h4-6,13H,2-3,7-9H2,1H3. The summed E-state index contributed by atoms with van der Waals surface area (Å²) in [6, 6.07) is 4.03. The number of carbonyl (C=O) groups is 1. The van der Waals surface area contributed by atoms with Gasteiger partial charge in [0, 0.05) is 12.1 Å². The van der Waals surface area contributed by atoms with Crippen molar-refractivity contribution in [3.05, 3.63) is 35.4 Å². The molecule has 0 saturated carbocycles. The van der Waals surface area contributed by atoms with Crippen LogP contribution in [0.15, 0.2) is 18.2 Å². The smallest absolute Gasteiger partial charge is 0.163 e. The Morgan fingerprint density at radius 1 is 1.39 bits per heavy atom. The van der Waals surface area contributed by atoms with Crippen LogP contribution in [-0.4, -0.2) is 23.3 Å². The fraction of sp³-hybridized carbons (Fsp3) is 0.500. The van der Waals surface area contributed by atoms with Gasteiger partial charge in [0.15, 0.2) is 11.6 Å². The van der Waals surface area contributed by atoms with Crippen LogP contribution in [0.3, 0.4) is 0 Å². The first-order chi connectivity index (χ1) is 8.59. The van der Waals surface area contributed by atoms with E-state index in [0.717, 1.165) is 31.9 Å². The van der Waals surface area contributed by atoms with Crippen molar-refractivity contribution < 1.29 is 13.6 Å². The van der Waals surface area contributed by atoms with Crippen molar-refractivity contribution in [2.24, 2.45) is 0 Å². The van der Waals surface area contributed by atoms with Crippen molar-refractivity contribution in [1.82, 2.24) is 4.90 Å². The lowest BCUT2D eigenvalue weighted by atomic mass is 9.98. The van der Waals surface area contributed by atoms with Crippen molar-refractivity contribution in [3.8, 4) is 0 Å². The first kappa shape index (κ1) is 13.1. The highest BCUT2D eigenvalue weighted by Crippen LogP contribution is 2.22. The van der Waals surface area contributed by atoms with E-state index in [1.807, 2.05) is 4.90 Å². The number of Topliss-reactive ketones (excluding diaryl/α,β-unsaturated/α-hetero) is 1. The highest BCUT2D eigenvalue weighted by molar-refractivity contribution is 5.81. The van der Waals surface area contributed by atoms with Gasteiger partial charge in [-0.3, -0.25) is 9.69 Å². The Morgan fingerprint density at radius 2 is 2.17 bits per heavy atom. The minimum absolute atomic E-state index is 0.103. The number of carbonyl (C=O) groups excluding carboxylic acids is 1. The van der Waals surface area contributed by atoms with Crippen LogP contribution in [0.4, 0.5) is 8.78 Å². The van der Waals surface area contributed by atoms with Gasteiger partial charge in [-0.15, -0.1) is 0 Å². The molecule has 0 bridgehead atoms. The van der Waals surface area contributed by atoms with E-state index in [0.29, 0.717) is 12.1 Å². The van der Waals surface area contributed by atoms with Crippen molar-refractivity contribution >= 4 is 5.78 Å². The lowest BCUT2D eigenvalue weighted by Crippen LogP contribution is -2.43. The van der Waals surface area contributed by atoms with Crippen LogP contribution in [0.25, 0.3) is 0 Å². The van der Waals surface area contributed by atoms with Gasteiger partial charge in [0.05, 0.1) is 6.04 Å². The van der Waals surface area contributed by atoms with Crippen molar-refractivity contribution in [1.29, 1.82) is 0 Å². The summed E-state index contributed by atoms with van der Waals surface area (Å²) in [5.74, 6) is -1.53. The van der Waals surface area contributed by atoms with Crippen LogP contribution in [-0.2, 0) is 11.3 Å². The molecule has 1 heterocycles. The quantitative estimate of drug-likeness (QED) is 0.825. The highest BCUT2D eigenvalue weighted by atomic mass is 19.2. The van der Waals surface area contributed by atoms with Gasteiger partial charge >= 0.3 is 0 Å². The lowest BCUT2D eigenvalue weighted by Gasteiger charge is -2.34. The summed E-state index contributed by atoms with van der Waals surface area (Å²) < 4.78 is 26.7. The van der Waals surface area contributed by atoms with Gasteiger partial charge in [0.25, 0.3) is 0 Å². The van der Waals surface area contributed by atoms with E-state index in [1.54, 1.807) is 13.0 Å². The molecule has 0 radical (unpaired) electrons. The molecule has 1 aromatic rings. The molecular formula is C14H17F2NO. The number of likely N-dealkylation sites (tertiary alicyclic amines) is 1. The van der Waals surface area contributed by atoms with E-state index in [2.05, 4.69) is 0 Å². The van der Waals surface area contributed by atoms with Gasteiger partial charge in [-0.2, -0.15) is 0 Å². The molecule has 2 rings (SSSR count). The van der Waals surface area contributed by atoms with Gasteiger partial charge < -0.3 is 0 Å². The molecule has 2 nitrogen and oxygen atoms in total. The second kappa shape index (κ2) is 5.57. The fourth-order valence-corrected chi connectivity index (χ4v) is 2.53. The van der Waals surface area contributed by atoms with Crippen molar-refractivity contribution in [2.45, 2.75) is 38.8 Å². The van der Waals surface area contributed by atoms with Gasteiger partial charge in [0.1, 0.15) is 5.78 Å². The lowest BCUT2D eigenvalue weighted by molar-refractivity contribution is -0.123. The molecule has 0 spiro atoms. The number of halogens is 2. The number of benzene rings is 1. The van der Waals surface area contributed by atoms with E-state index in [4.69, 9.17) is 0 Å². The summed E-state index contributed by atoms with van der Waals surface area (Å²) in [6.07, 6.45) is 2.83. The SMILES string of the molecule is CC(=O)C1CCCCN1Cc1cccc(F)c1F.